The normalized spacial score (nSPS) is 25.9. The molecule has 0 bridgehead atoms. The summed E-state index contributed by atoms with van der Waals surface area (Å²) in [6.07, 6.45) is 6.69. The number of hydrogen-bond acceptors (Lipinski definition) is 6. The van der Waals surface area contributed by atoms with E-state index in [1.54, 1.807) is 12.4 Å². The van der Waals surface area contributed by atoms with E-state index in [0.717, 1.165) is 37.9 Å². The van der Waals surface area contributed by atoms with Crippen molar-refractivity contribution in [3.05, 3.63) is 42.9 Å². The first-order chi connectivity index (χ1) is 13.3. The molecule has 2 atom stereocenters. The van der Waals surface area contributed by atoms with E-state index in [0.29, 0.717) is 6.04 Å². The van der Waals surface area contributed by atoms with E-state index < -0.39 is 0 Å². The molecule has 3 aliphatic heterocycles. The topological polar surface area (TPSA) is 38.7 Å². The first-order valence-corrected chi connectivity index (χ1v) is 10.1. The Bertz CT molecular complexity index is 756. The van der Waals surface area contributed by atoms with E-state index in [1.807, 2.05) is 6.20 Å². The van der Waals surface area contributed by atoms with Crippen LogP contribution in [0.25, 0.3) is 0 Å². The minimum absolute atomic E-state index is 0.705. The van der Waals surface area contributed by atoms with Gasteiger partial charge in [0.05, 0.1) is 6.20 Å². The first-order valence-electron chi connectivity index (χ1n) is 10.1. The third-order valence-electron chi connectivity index (χ3n) is 6.43. The van der Waals surface area contributed by atoms with Gasteiger partial charge in [-0.3, -0.25) is 4.98 Å². The molecule has 1 aromatic carbocycles. The molecular weight excluding hydrogens is 336 g/mol. The fraction of sp³-hybridized carbons (Fsp3) is 0.524. The average Bonchev–Trinajstić information content (AvgIpc) is 3.28. The van der Waals surface area contributed by atoms with Gasteiger partial charge in [-0.2, -0.15) is 0 Å². The lowest BCUT2D eigenvalue weighted by Crippen LogP contribution is -2.46. The highest BCUT2D eigenvalue weighted by Crippen LogP contribution is 2.35. The zero-order valence-corrected chi connectivity index (χ0v) is 16.0. The minimum atomic E-state index is 0.705. The predicted molar refractivity (Wildman–Crippen MR) is 110 cm³/mol. The highest BCUT2D eigenvalue weighted by molar-refractivity contribution is 5.58. The van der Waals surface area contributed by atoms with Crippen molar-refractivity contribution in [3.8, 4) is 0 Å². The number of likely N-dealkylation sites (N-methyl/N-ethyl adjacent to an activating group) is 1. The van der Waals surface area contributed by atoms with Gasteiger partial charge >= 0.3 is 0 Å². The lowest BCUT2D eigenvalue weighted by atomic mass is 10.0. The van der Waals surface area contributed by atoms with E-state index in [4.69, 9.17) is 0 Å². The van der Waals surface area contributed by atoms with Gasteiger partial charge in [0.25, 0.3) is 0 Å². The number of hydrogen-bond donors (Lipinski definition) is 0. The second kappa shape index (κ2) is 7.00. The number of benzene rings is 1. The minimum Gasteiger partial charge on any atom is -0.368 e. The maximum atomic E-state index is 4.42. The molecule has 4 heterocycles. The molecule has 5 rings (SSSR count). The molecule has 27 heavy (non-hydrogen) atoms. The van der Waals surface area contributed by atoms with E-state index in [-0.39, 0.29) is 0 Å². The van der Waals surface area contributed by atoms with Gasteiger partial charge in [-0.1, -0.05) is 0 Å². The first kappa shape index (κ1) is 16.8. The molecule has 0 spiro atoms. The maximum absolute atomic E-state index is 4.42. The van der Waals surface area contributed by atoms with Crippen LogP contribution >= 0.6 is 0 Å². The lowest BCUT2D eigenvalue weighted by molar-refractivity contribution is 0.386. The summed E-state index contributed by atoms with van der Waals surface area (Å²) in [6.45, 7) is 7.70. The lowest BCUT2D eigenvalue weighted by Gasteiger charge is -2.36. The zero-order valence-electron chi connectivity index (χ0n) is 16.0. The molecule has 6 nitrogen and oxygen atoms in total. The largest absolute Gasteiger partial charge is 0.368 e. The van der Waals surface area contributed by atoms with Crippen molar-refractivity contribution < 1.29 is 0 Å². The Morgan fingerprint density at radius 1 is 0.852 bits per heavy atom. The molecule has 1 aromatic heterocycles. The van der Waals surface area contributed by atoms with Gasteiger partial charge in [0.1, 0.15) is 5.82 Å². The summed E-state index contributed by atoms with van der Waals surface area (Å²) < 4.78 is 0. The van der Waals surface area contributed by atoms with Crippen LogP contribution in [0.2, 0.25) is 0 Å². The molecule has 0 aliphatic carbocycles. The van der Waals surface area contributed by atoms with Gasteiger partial charge in [0, 0.05) is 75.6 Å². The molecular formula is C21H28N6. The number of piperazine rings is 1. The van der Waals surface area contributed by atoms with Crippen molar-refractivity contribution in [3.63, 3.8) is 0 Å². The molecule has 3 aliphatic rings. The van der Waals surface area contributed by atoms with Crippen LogP contribution in [0.1, 0.15) is 6.42 Å². The number of aromatic nitrogens is 2. The van der Waals surface area contributed by atoms with Crippen molar-refractivity contribution in [2.45, 2.75) is 12.5 Å². The standard InChI is InChI=1S/C21H28N6/c1-24-15-17-6-9-27(20(17)16-24)19-4-2-18(3-5-19)25-10-12-26(13-11-25)21-14-22-7-8-23-21/h2-5,7-8,14,17,20H,6,9-13,15-16H2,1H3/t17-,20+/m1/s1. The molecule has 6 heteroatoms. The Balaban J connectivity index is 1.23. The summed E-state index contributed by atoms with van der Waals surface area (Å²) in [4.78, 5) is 18.5. The van der Waals surface area contributed by atoms with Crippen LogP contribution in [0.15, 0.2) is 42.9 Å². The van der Waals surface area contributed by atoms with E-state index in [2.05, 4.69) is 60.9 Å². The van der Waals surface area contributed by atoms with Crippen molar-refractivity contribution >= 4 is 17.2 Å². The third kappa shape index (κ3) is 3.23. The number of nitrogens with zero attached hydrogens (tertiary/aromatic N) is 6. The summed E-state index contributed by atoms with van der Waals surface area (Å²) in [5.74, 6) is 1.83. The molecule has 142 valence electrons. The quantitative estimate of drug-likeness (QED) is 0.829. The molecule has 0 radical (unpaired) electrons. The Labute approximate surface area is 161 Å². The fourth-order valence-electron chi connectivity index (χ4n) is 5.00. The van der Waals surface area contributed by atoms with Crippen molar-refractivity contribution in [1.82, 2.24) is 14.9 Å². The molecule has 3 fully saturated rings. The van der Waals surface area contributed by atoms with Crippen LogP contribution in [0.4, 0.5) is 17.2 Å². The average molecular weight is 364 g/mol. The molecule has 0 unspecified atom stereocenters. The van der Waals surface area contributed by atoms with E-state index in [9.17, 15) is 0 Å². The van der Waals surface area contributed by atoms with E-state index >= 15 is 0 Å². The van der Waals surface area contributed by atoms with Crippen LogP contribution in [0.5, 0.6) is 0 Å². The van der Waals surface area contributed by atoms with E-state index in [1.165, 1.54) is 37.4 Å². The molecule has 0 saturated carbocycles. The third-order valence-corrected chi connectivity index (χ3v) is 6.43. The van der Waals surface area contributed by atoms with Gasteiger partial charge in [0.2, 0.25) is 0 Å². The van der Waals surface area contributed by atoms with Gasteiger partial charge < -0.3 is 19.6 Å². The van der Waals surface area contributed by atoms with Crippen LogP contribution < -0.4 is 14.7 Å². The molecule has 0 N–H and O–H groups in total. The van der Waals surface area contributed by atoms with Crippen molar-refractivity contribution in [2.75, 3.05) is 67.6 Å². The number of rotatable bonds is 3. The van der Waals surface area contributed by atoms with Crippen LogP contribution in [0.3, 0.4) is 0 Å². The Kier molecular flexibility index (Phi) is 4.36. The van der Waals surface area contributed by atoms with Gasteiger partial charge in [0.15, 0.2) is 0 Å². The fourth-order valence-corrected chi connectivity index (χ4v) is 5.00. The van der Waals surface area contributed by atoms with Gasteiger partial charge in [-0.15, -0.1) is 0 Å². The summed E-state index contributed by atoms with van der Waals surface area (Å²) in [5.41, 5.74) is 2.72. The monoisotopic (exact) mass is 364 g/mol. The summed E-state index contributed by atoms with van der Waals surface area (Å²) in [7, 11) is 2.25. The van der Waals surface area contributed by atoms with Crippen LogP contribution in [0, 0.1) is 5.92 Å². The van der Waals surface area contributed by atoms with Gasteiger partial charge in [-0.05, 0) is 43.7 Å². The summed E-state index contributed by atoms with van der Waals surface area (Å²) in [6, 6.07) is 9.96. The van der Waals surface area contributed by atoms with Gasteiger partial charge in [-0.25, -0.2) is 4.98 Å². The van der Waals surface area contributed by atoms with Crippen molar-refractivity contribution in [2.24, 2.45) is 5.92 Å². The summed E-state index contributed by atoms with van der Waals surface area (Å²) in [5, 5.41) is 0. The number of likely N-dealkylation sites (tertiary alicyclic amines) is 1. The zero-order chi connectivity index (χ0) is 18.2. The number of fused-ring (bicyclic) bond motifs is 1. The highest BCUT2D eigenvalue weighted by atomic mass is 15.3. The Morgan fingerprint density at radius 3 is 2.33 bits per heavy atom. The van der Waals surface area contributed by atoms with Crippen molar-refractivity contribution in [1.29, 1.82) is 0 Å². The van der Waals surface area contributed by atoms with Crippen LogP contribution in [-0.2, 0) is 0 Å². The second-order valence-electron chi connectivity index (χ2n) is 8.08. The maximum Gasteiger partial charge on any atom is 0.147 e. The molecule has 2 aromatic rings. The Morgan fingerprint density at radius 2 is 1.59 bits per heavy atom. The Hall–Kier alpha value is -2.34. The SMILES string of the molecule is CN1C[C@H]2CCN(c3ccc(N4CCN(c5cnccn5)CC4)cc3)[C@H]2C1. The number of anilines is 3. The molecule has 0 amide bonds. The predicted octanol–water partition coefficient (Wildman–Crippen LogP) is 1.94. The highest BCUT2D eigenvalue weighted by Gasteiger charge is 2.39. The van der Waals surface area contributed by atoms with Crippen LogP contribution in [-0.4, -0.2) is 73.8 Å². The smallest absolute Gasteiger partial charge is 0.147 e. The second-order valence-corrected chi connectivity index (χ2v) is 8.08. The molecule has 3 saturated heterocycles. The summed E-state index contributed by atoms with van der Waals surface area (Å²) >= 11 is 0.